The van der Waals surface area contributed by atoms with Gasteiger partial charge in [0.1, 0.15) is 5.82 Å². The first kappa shape index (κ1) is 12.8. The van der Waals surface area contributed by atoms with Crippen molar-refractivity contribution >= 4 is 35.1 Å². The SMILES string of the molecule is Cc1nc(SCc2sccc2C=CC(=O)O)n[nH]1. The van der Waals surface area contributed by atoms with Crippen molar-refractivity contribution in [3.8, 4) is 0 Å². The Balaban J connectivity index is 2.01. The number of carboxylic acid groups (broad SMARTS) is 1. The molecule has 0 aliphatic rings. The van der Waals surface area contributed by atoms with Crippen LogP contribution in [0.1, 0.15) is 16.3 Å². The van der Waals surface area contributed by atoms with Crippen LogP contribution in [0.2, 0.25) is 0 Å². The zero-order chi connectivity index (χ0) is 13.0. The lowest BCUT2D eigenvalue weighted by atomic mass is 10.2. The number of rotatable bonds is 5. The second-order valence-electron chi connectivity index (χ2n) is 3.46. The maximum atomic E-state index is 10.5. The van der Waals surface area contributed by atoms with Crippen molar-refractivity contribution in [3.05, 3.63) is 33.8 Å². The van der Waals surface area contributed by atoms with Gasteiger partial charge in [-0.3, -0.25) is 5.10 Å². The molecule has 0 spiro atoms. The number of nitrogens with one attached hydrogen (secondary N) is 1. The van der Waals surface area contributed by atoms with E-state index >= 15 is 0 Å². The fourth-order valence-corrected chi connectivity index (χ4v) is 3.13. The molecular formula is C11H11N3O2S2. The van der Waals surface area contributed by atoms with Crippen LogP contribution in [-0.4, -0.2) is 26.3 Å². The Hall–Kier alpha value is -1.60. The Morgan fingerprint density at radius 1 is 1.67 bits per heavy atom. The molecule has 5 nitrogen and oxygen atoms in total. The molecule has 0 saturated heterocycles. The van der Waals surface area contributed by atoms with Crippen LogP contribution in [0.15, 0.2) is 22.7 Å². The monoisotopic (exact) mass is 281 g/mol. The number of aryl methyl sites for hydroxylation is 1. The molecule has 2 aromatic rings. The third-order valence-corrected chi connectivity index (χ3v) is 4.09. The van der Waals surface area contributed by atoms with E-state index in [-0.39, 0.29) is 0 Å². The first-order valence-corrected chi connectivity index (χ1v) is 7.01. The molecule has 0 atom stereocenters. The van der Waals surface area contributed by atoms with Crippen LogP contribution in [0, 0.1) is 6.92 Å². The zero-order valence-corrected chi connectivity index (χ0v) is 11.2. The van der Waals surface area contributed by atoms with E-state index in [0.29, 0.717) is 5.16 Å². The Bertz CT molecular complexity index is 574. The quantitative estimate of drug-likeness (QED) is 0.650. The number of hydrogen-bond donors (Lipinski definition) is 2. The van der Waals surface area contributed by atoms with E-state index in [1.165, 1.54) is 11.8 Å². The number of aromatic nitrogens is 3. The van der Waals surface area contributed by atoms with Crippen molar-refractivity contribution in [2.24, 2.45) is 0 Å². The Kier molecular flexibility index (Phi) is 4.16. The predicted molar refractivity (Wildman–Crippen MR) is 71.7 cm³/mol. The van der Waals surface area contributed by atoms with Gasteiger partial charge in [0.25, 0.3) is 0 Å². The molecule has 2 heterocycles. The van der Waals surface area contributed by atoms with E-state index < -0.39 is 5.97 Å². The summed E-state index contributed by atoms with van der Waals surface area (Å²) < 4.78 is 0. The van der Waals surface area contributed by atoms with Crippen molar-refractivity contribution in [2.45, 2.75) is 17.8 Å². The molecule has 0 bridgehead atoms. The smallest absolute Gasteiger partial charge is 0.328 e. The van der Waals surface area contributed by atoms with Gasteiger partial charge in [-0.15, -0.1) is 16.4 Å². The lowest BCUT2D eigenvalue weighted by Gasteiger charge is -1.96. The van der Waals surface area contributed by atoms with Crippen molar-refractivity contribution in [3.63, 3.8) is 0 Å². The van der Waals surface area contributed by atoms with Crippen LogP contribution < -0.4 is 0 Å². The van der Waals surface area contributed by atoms with Crippen molar-refractivity contribution < 1.29 is 9.90 Å². The third kappa shape index (κ3) is 3.44. The topological polar surface area (TPSA) is 78.9 Å². The number of H-pyrrole nitrogens is 1. The van der Waals surface area contributed by atoms with Crippen molar-refractivity contribution in [1.82, 2.24) is 15.2 Å². The Morgan fingerprint density at radius 3 is 3.17 bits per heavy atom. The minimum absolute atomic E-state index is 0.703. The molecule has 7 heteroatoms. The van der Waals surface area contributed by atoms with Gasteiger partial charge < -0.3 is 5.11 Å². The maximum absolute atomic E-state index is 10.5. The largest absolute Gasteiger partial charge is 0.478 e. The van der Waals surface area contributed by atoms with E-state index in [9.17, 15) is 4.79 Å². The Morgan fingerprint density at radius 2 is 2.50 bits per heavy atom. The first-order chi connectivity index (χ1) is 8.65. The normalized spacial score (nSPS) is 11.2. The predicted octanol–water partition coefficient (Wildman–Crippen LogP) is 2.56. The van der Waals surface area contributed by atoms with Gasteiger partial charge in [-0.05, 0) is 30.0 Å². The summed E-state index contributed by atoms with van der Waals surface area (Å²) in [6.07, 6.45) is 2.76. The van der Waals surface area contributed by atoms with Crippen molar-refractivity contribution in [2.75, 3.05) is 0 Å². The van der Waals surface area contributed by atoms with Crippen LogP contribution in [0.25, 0.3) is 6.08 Å². The van der Waals surface area contributed by atoms with Gasteiger partial charge in [0.05, 0.1) is 0 Å². The summed E-state index contributed by atoms with van der Waals surface area (Å²) >= 11 is 3.12. The van der Waals surface area contributed by atoms with Crippen molar-refractivity contribution in [1.29, 1.82) is 0 Å². The lowest BCUT2D eigenvalue weighted by molar-refractivity contribution is -0.131. The van der Waals surface area contributed by atoms with Crippen LogP contribution in [0.3, 0.4) is 0 Å². The number of aliphatic carboxylic acids is 1. The van der Waals surface area contributed by atoms with Crippen LogP contribution in [0.4, 0.5) is 0 Å². The number of thioether (sulfide) groups is 1. The number of aromatic amines is 1. The summed E-state index contributed by atoms with van der Waals surface area (Å²) in [6, 6.07) is 1.91. The van der Waals surface area contributed by atoms with E-state index in [0.717, 1.165) is 28.1 Å². The highest BCUT2D eigenvalue weighted by Crippen LogP contribution is 2.26. The number of thiophene rings is 1. The maximum Gasteiger partial charge on any atom is 0.328 e. The highest BCUT2D eigenvalue weighted by molar-refractivity contribution is 7.98. The number of hydrogen-bond acceptors (Lipinski definition) is 5. The standard InChI is InChI=1S/C11H11N3O2S2/c1-7-12-11(14-13-7)18-6-9-8(4-5-17-9)2-3-10(15)16/h2-5H,6H2,1H3,(H,15,16)(H,12,13,14). The molecule has 18 heavy (non-hydrogen) atoms. The lowest BCUT2D eigenvalue weighted by Crippen LogP contribution is -1.86. The van der Waals surface area contributed by atoms with Gasteiger partial charge in [-0.1, -0.05) is 11.8 Å². The molecule has 0 saturated carbocycles. The minimum atomic E-state index is -0.940. The van der Waals surface area contributed by atoms with Crippen LogP contribution >= 0.6 is 23.1 Å². The van der Waals surface area contributed by atoms with Gasteiger partial charge in [0.15, 0.2) is 0 Å². The summed E-state index contributed by atoms with van der Waals surface area (Å²) in [6.45, 7) is 1.85. The highest BCUT2D eigenvalue weighted by Gasteiger charge is 2.06. The number of carboxylic acids is 1. The molecular weight excluding hydrogens is 270 g/mol. The van der Waals surface area contributed by atoms with E-state index in [2.05, 4.69) is 15.2 Å². The number of carbonyl (C=O) groups is 1. The van der Waals surface area contributed by atoms with Gasteiger partial charge >= 0.3 is 5.97 Å². The first-order valence-electron chi connectivity index (χ1n) is 5.14. The van der Waals surface area contributed by atoms with Gasteiger partial charge in [-0.2, -0.15) is 0 Å². The second kappa shape index (κ2) is 5.83. The molecule has 94 valence electrons. The minimum Gasteiger partial charge on any atom is -0.478 e. The third-order valence-electron chi connectivity index (χ3n) is 2.09. The van der Waals surface area contributed by atoms with E-state index in [1.54, 1.807) is 17.4 Å². The molecule has 0 aliphatic carbocycles. The van der Waals surface area contributed by atoms with Gasteiger partial charge in [-0.25, -0.2) is 9.78 Å². The summed E-state index contributed by atoms with van der Waals surface area (Å²) in [4.78, 5) is 15.8. The molecule has 2 rings (SSSR count). The fraction of sp³-hybridized carbons (Fsp3) is 0.182. The summed E-state index contributed by atoms with van der Waals surface area (Å²) in [7, 11) is 0. The molecule has 0 radical (unpaired) electrons. The van der Waals surface area contributed by atoms with Crippen LogP contribution in [0.5, 0.6) is 0 Å². The van der Waals surface area contributed by atoms with Crippen LogP contribution in [-0.2, 0) is 10.5 Å². The summed E-state index contributed by atoms with van der Waals surface area (Å²) in [5.41, 5.74) is 0.933. The number of nitrogens with zero attached hydrogens (tertiary/aromatic N) is 2. The molecule has 0 fully saturated rings. The fourth-order valence-electron chi connectivity index (χ4n) is 1.29. The average molecular weight is 281 g/mol. The molecule has 2 aromatic heterocycles. The molecule has 0 aliphatic heterocycles. The zero-order valence-electron chi connectivity index (χ0n) is 9.58. The van der Waals surface area contributed by atoms with Gasteiger partial charge in [0.2, 0.25) is 5.16 Å². The molecule has 0 unspecified atom stereocenters. The second-order valence-corrected chi connectivity index (χ2v) is 5.41. The molecule has 2 N–H and O–H groups in total. The Labute approximate surface area is 112 Å². The van der Waals surface area contributed by atoms with Gasteiger partial charge in [0, 0.05) is 16.7 Å². The molecule has 0 amide bonds. The molecule has 0 aromatic carbocycles. The van der Waals surface area contributed by atoms with E-state index in [1.807, 2.05) is 18.4 Å². The summed E-state index contributed by atoms with van der Waals surface area (Å²) in [5, 5.41) is 18.1. The average Bonchev–Trinajstić information content (AvgIpc) is 2.92. The van der Waals surface area contributed by atoms with E-state index in [4.69, 9.17) is 5.11 Å². The summed E-state index contributed by atoms with van der Waals surface area (Å²) in [5.74, 6) is 0.577. The highest BCUT2D eigenvalue weighted by atomic mass is 32.2.